The van der Waals surface area contributed by atoms with Crippen LogP contribution in [-0.2, 0) is 12.8 Å². The molecule has 0 aliphatic heterocycles. The minimum atomic E-state index is -0.826. The van der Waals surface area contributed by atoms with Crippen molar-refractivity contribution in [3.63, 3.8) is 0 Å². The summed E-state index contributed by atoms with van der Waals surface area (Å²) in [6, 6.07) is 8.68. The summed E-state index contributed by atoms with van der Waals surface area (Å²) in [7, 11) is 1.42. The molecule has 0 amide bonds. The van der Waals surface area contributed by atoms with Gasteiger partial charge in [-0.2, -0.15) is 0 Å². The van der Waals surface area contributed by atoms with Crippen molar-refractivity contribution in [3.8, 4) is 5.75 Å². The quantitative estimate of drug-likeness (QED) is 0.912. The molecule has 106 valence electrons. The maximum absolute atomic E-state index is 14.1. The molecular formula is C16H18FNO2. The molecule has 1 N–H and O–H groups in total. The highest BCUT2D eigenvalue weighted by atomic mass is 19.1. The molecule has 2 rings (SSSR count). The smallest absolute Gasteiger partial charge is 0.168 e. The lowest BCUT2D eigenvalue weighted by atomic mass is 10.00. The molecule has 20 heavy (non-hydrogen) atoms. The molecule has 0 saturated carbocycles. The van der Waals surface area contributed by atoms with E-state index in [-0.39, 0.29) is 12.2 Å². The molecule has 0 spiro atoms. The van der Waals surface area contributed by atoms with Crippen molar-refractivity contribution in [2.24, 2.45) is 0 Å². The largest absolute Gasteiger partial charge is 0.494 e. The molecule has 1 aromatic heterocycles. The zero-order valence-electron chi connectivity index (χ0n) is 11.6. The van der Waals surface area contributed by atoms with Gasteiger partial charge >= 0.3 is 0 Å². The molecule has 1 atom stereocenters. The second kappa shape index (κ2) is 6.48. The van der Waals surface area contributed by atoms with Crippen LogP contribution in [-0.4, -0.2) is 17.2 Å². The molecule has 4 heteroatoms. The fraction of sp³-hybridized carbons (Fsp3) is 0.312. The lowest BCUT2D eigenvalue weighted by molar-refractivity contribution is 0.171. The second-order valence-electron chi connectivity index (χ2n) is 4.55. The molecule has 0 radical (unpaired) electrons. The Kier molecular flexibility index (Phi) is 4.69. The van der Waals surface area contributed by atoms with Crippen molar-refractivity contribution in [3.05, 3.63) is 59.2 Å². The number of nitrogens with zero attached hydrogens (tertiary/aromatic N) is 1. The molecule has 1 aromatic carbocycles. The van der Waals surface area contributed by atoms with Crippen LogP contribution in [0.1, 0.15) is 29.8 Å². The summed E-state index contributed by atoms with van der Waals surface area (Å²) in [6.45, 7) is 2.00. The van der Waals surface area contributed by atoms with Gasteiger partial charge in [0.05, 0.1) is 12.8 Å². The number of halogens is 1. The van der Waals surface area contributed by atoms with E-state index in [0.717, 1.165) is 12.0 Å². The van der Waals surface area contributed by atoms with Gasteiger partial charge in [-0.25, -0.2) is 4.39 Å². The van der Waals surface area contributed by atoms with E-state index in [4.69, 9.17) is 4.74 Å². The van der Waals surface area contributed by atoms with Crippen LogP contribution in [0.4, 0.5) is 4.39 Å². The summed E-state index contributed by atoms with van der Waals surface area (Å²) < 4.78 is 19.0. The zero-order chi connectivity index (χ0) is 14.5. The van der Waals surface area contributed by atoms with E-state index in [1.807, 2.05) is 19.1 Å². The van der Waals surface area contributed by atoms with Gasteiger partial charge in [0, 0.05) is 12.6 Å². The molecule has 0 aliphatic rings. The Labute approximate surface area is 118 Å². The first kappa shape index (κ1) is 14.5. The lowest BCUT2D eigenvalue weighted by Crippen LogP contribution is -2.09. The van der Waals surface area contributed by atoms with Gasteiger partial charge in [0.2, 0.25) is 0 Å². The Morgan fingerprint density at radius 2 is 2.00 bits per heavy atom. The number of benzene rings is 1. The van der Waals surface area contributed by atoms with Crippen molar-refractivity contribution in [2.45, 2.75) is 25.9 Å². The number of ether oxygens (including phenoxy) is 1. The second-order valence-corrected chi connectivity index (χ2v) is 4.55. The van der Waals surface area contributed by atoms with Gasteiger partial charge in [-0.3, -0.25) is 4.98 Å². The third kappa shape index (κ3) is 2.96. The minimum Gasteiger partial charge on any atom is -0.494 e. The highest BCUT2D eigenvalue weighted by Gasteiger charge is 2.17. The van der Waals surface area contributed by atoms with E-state index >= 15 is 0 Å². The van der Waals surface area contributed by atoms with E-state index in [9.17, 15) is 9.50 Å². The Bertz CT molecular complexity index is 586. The Morgan fingerprint density at radius 3 is 2.70 bits per heavy atom. The number of pyridine rings is 1. The molecule has 0 bridgehead atoms. The van der Waals surface area contributed by atoms with E-state index in [1.54, 1.807) is 24.4 Å². The van der Waals surface area contributed by atoms with Gasteiger partial charge in [-0.15, -0.1) is 0 Å². The van der Waals surface area contributed by atoms with Crippen molar-refractivity contribution in [1.29, 1.82) is 0 Å². The topological polar surface area (TPSA) is 42.4 Å². The van der Waals surface area contributed by atoms with Crippen molar-refractivity contribution in [2.75, 3.05) is 7.11 Å². The monoisotopic (exact) mass is 275 g/mol. The Balaban J connectivity index is 2.26. The van der Waals surface area contributed by atoms with Crippen LogP contribution < -0.4 is 4.74 Å². The zero-order valence-corrected chi connectivity index (χ0v) is 11.6. The van der Waals surface area contributed by atoms with Gasteiger partial charge in [-0.1, -0.05) is 25.1 Å². The third-order valence-electron chi connectivity index (χ3n) is 3.30. The first-order valence-electron chi connectivity index (χ1n) is 6.60. The summed E-state index contributed by atoms with van der Waals surface area (Å²) >= 11 is 0. The lowest BCUT2D eigenvalue weighted by Gasteiger charge is -2.15. The van der Waals surface area contributed by atoms with Gasteiger partial charge < -0.3 is 9.84 Å². The van der Waals surface area contributed by atoms with E-state index in [1.165, 1.54) is 7.11 Å². The van der Waals surface area contributed by atoms with Gasteiger partial charge in [0.25, 0.3) is 0 Å². The maximum atomic E-state index is 14.1. The Morgan fingerprint density at radius 1 is 1.25 bits per heavy atom. The van der Waals surface area contributed by atoms with Crippen LogP contribution >= 0.6 is 0 Å². The number of aliphatic hydroxyl groups is 1. The number of aryl methyl sites for hydroxylation is 1. The van der Waals surface area contributed by atoms with Gasteiger partial charge in [0.1, 0.15) is 6.10 Å². The molecular weight excluding hydrogens is 257 g/mol. The average molecular weight is 275 g/mol. The summed E-state index contributed by atoms with van der Waals surface area (Å²) in [4.78, 5) is 4.21. The number of hydrogen-bond acceptors (Lipinski definition) is 3. The first-order valence-corrected chi connectivity index (χ1v) is 6.60. The molecule has 0 fully saturated rings. The highest BCUT2D eigenvalue weighted by Crippen LogP contribution is 2.25. The van der Waals surface area contributed by atoms with Gasteiger partial charge in [-0.05, 0) is 29.7 Å². The number of rotatable bonds is 5. The van der Waals surface area contributed by atoms with Crippen LogP contribution in [0, 0.1) is 5.82 Å². The Hall–Kier alpha value is -1.94. The van der Waals surface area contributed by atoms with E-state index < -0.39 is 11.9 Å². The summed E-state index contributed by atoms with van der Waals surface area (Å²) in [5.74, 6) is -0.241. The van der Waals surface area contributed by atoms with E-state index in [0.29, 0.717) is 11.3 Å². The first-order chi connectivity index (χ1) is 9.67. The predicted molar refractivity (Wildman–Crippen MR) is 75.2 cm³/mol. The molecule has 2 aromatic rings. The fourth-order valence-corrected chi connectivity index (χ4v) is 2.23. The minimum absolute atomic E-state index is 0.174. The van der Waals surface area contributed by atoms with Crippen LogP contribution in [0.3, 0.4) is 0 Å². The van der Waals surface area contributed by atoms with Crippen LogP contribution in [0.15, 0.2) is 36.5 Å². The molecule has 0 saturated heterocycles. The number of aliphatic hydroxyl groups excluding tert-OH is 1. The summed E-state index contributed by atoms with van der Waals surface area (Å²) in [5, 5.41) is 10.3. The average Bonchev–Trinajstić information content (AvgIpc) is 2.49. The highest BCUT2D eigenvalue weighted by molar-refractivity contribution is 5.32. The number of aromatic nitrogens is 1. The normalized spacial score (nSPS) is 12.2. The SMILES string of the molecule is CCc1cccnc1C(O)Cc1cccc(OC)c1F. The molecule has 3 nitrogen and oxygen atoms in total. The van der Waals surface area contributed by atoms with Crippen LogP contribution in [0.25, 0.3) is 0 Å². The predicted octanol–water partition coefficient (Wildman–Crippen LogP) is 3.07. The van der Waals surface area contributed by atoms with Crippen LogP contribution in [0.5, 0.6) is 5.75 Å². The molecule has 1 heterocycles. The van der Waals surface area contributed by atoms with Crippen molar-refractivity contribution < 1.29 is 14.2 Å². The van der Waals surface area contributed by atoms with Gasteiger partial charge in [0.15, 0.2) is 11.6 Å². The maximum Gasteiger partial charge on any atom is 0.168 e. The van der Waals surface area contributed by atoms with E-state index in [2.05, 4.69) is 4.98 Å². The standard InChI is InChI=1S/C16H18FNO2/c1-3-11-7-5-9-18-16(11)13(19)10-12-6-4-8-14(20-2)15(12)17/h4-9,13,19H,3,10H2,1-2H3. The summed E-state index contributed by atoms with van der Waals surface area (Å²) in [6.07, 6.45) is 1.76. The number of hydrogen-bond donors (Lipinski definition) is 1. The summed E-state index contributed by atoms with van der Waals surface area (Å²) in [5.41, 5.74) is 2.00. The third-order valence-corrected chi connectivity index (χ3v) is 3.30. The number of methoxy groups -OCH3 is 1. The molecule has 1 unspecified atom stereocenters. The van der Waals surface area contributed by atoms with Crippen molar-refractivity contribution >= 4 is 0 Å². The fourth-order valence-electron chi connectivity index (χ4n) is 2.23. The molecule has 0 aliphatic carbocycles. The van der Waals surface area contributed by atoms with Crippen LogP contribution in [0.2, 0.25) is 0 Å². The van der Waals surface area contributed by atoms with Crippen molar-refractivity contribution in [1.82, 2.24) is 4.98 Å².